The summed E-state index contributed by atoms with van der Waals surface area (Å²) in [5.41, 5.74) is 0.694. The highest BCUT2D eigenvalue weighted by atomic mass is 127. The van der Waals surface area contributed by atoms with E-state index in [-0.39, 0.29) is 6.61 Å². The Morgan fingerprint density at radius 3 is 2.20 bits per heavy atom. The van der Waals surface area contributed by atoms with Crippen LogP contribution < -0.4 is 0 Å². The molecule has 6 heteroatoms. The van der Waals surface area contributed by atoms with Crippen LogP contribution in [0.2, 0.25) is 0 Å². The lowest BCUT2D eigenvalue weighted by atomic mass is 10.1. The molecule has 0 saturated carbocycles. The topological polar surface area (TPSA) is 61.8 Å². The zero-order valence-electron chi connectivity index (χ0n) is 11.5. The minimum Gasteiger partial charge on any atom is -0.462 e. The first-order chi connectivity index (χ1) is 9.58. The average molecular weight is 392 g/mol. The number of carbonyl (C=O) groups is 2. The van der Waals surface area contributed by atoms with Crippen LogP contribution in [0, 0.1) is 3.57 Å². The molecule has 0 spiro atoms. The Labute approximate surface area is 131 Å². The molecule has 0 amide bonds. The van der Waals surface area contributed by atoms with Crippen molar-refractivity contribution in [1.29, 1.82) is 0 Å². The van der Waals surface area contributed by atoms with Crippen molar-refractivity contribution in [3.63, 3.8) is 0 Å². The van der Waals surface area contributed by atoms with E-state index in [4.69, 9.17) is 14.2 Å². The maximum absolute atomic E-state index is 11.9. The number of rotatable bonds is 7. The van der Waals surface area contributed by atoms with Gasteiger partial charge in [0.25, 0.3) is 0 Å². The van der Waals surface area contributed by atoms with E-state index in [1.54, 1.807) is 26.2 Å². The van der Waals surface area contributed by atoms with Gasteiger partial charge in [0.05, 0.1) is 24.3 Å². The Hall–Kier alpha value is -1.15. The molecule has 0 aliphatic heterocycles. The quantitative estimate of drug-likeness (QED) is 0.406. The van der Waals surface area contributed by atoms with Crippen molar-refractivity contribution in [2.75, 3.05) is 26.9 Å². The molecular weight excluding hydrogens is 375 g/mol. The maximum Gasteiger partial charge on any atom is 0.338 e. The molecule has 0 atom stereocenters. The largest absolute Gasteiger partial charge is 0.462 e. The van der Waals surface area contributed by atoms with E-state index in [9.17, 15) is 9.59 Å². The van der Waals surface area contributed by atoms with Crippen molar-refractivity contribution in [2.24, 2.45) is 0 Å². The summed E-state index contributed by atoms with van der Waals surface area (Å²) in [5.74, 6) is -0.899. The van der Waals surface area contributed by atoms with Crippen molar-refractivity contribution in [2.45, 2.75) is 13.3 Å². The molecule has 0 aliphatic carbocycles. The molecule has 0 heterocycles. The zero-order valence-corrected chi connectivity index (χ0v) is 13.6. The molecule has 20 heavy (non-hydrogen) atoms. The van der Waals surface area contributed by atoms with E-state index in [2.05, 4.69) is 0 Å². The molecule has 1 aromatic carbocycles. The van der Waals surface area contributed by atoms with Crippen molar-refractivity contribution in [1.82, 2.24) is 0 Å². The standard InChI is InChI=1S/C14H17IO5/c1-3-19-13(16)10-7-11(9-12(15)8-10)14(17)20-6-4-5-18-2/h7-9H,3-6H2,1-2H3. The molecule has 0 aliphatic rings. The van der Waals surface area contributed by atoms with Gasteiger partial charge >= 0.3 is 11.9 Å². The van der Waals surface area contributed by atoms with Crippen LogP contribution in [-0.4, -0.2) is 38.9 Å². The highest BCUT2D eigenvalue weighted by molar-refractivity contribution is 14.1. The van der Waals surface area contributed by atoms with Crippen molar-refractivity contribution >= 4 is 34.5 Å². The van der Waals surface area contributed by atoms with Gasteiger partial charge in [0.1, 0.15) is 0 Å². The van der Waals surface area contributed by atoms with E-state index in [1.807, 2.05) is 22.6 Å². The summed E-state index contributed by atoms with van der Waals surface area (Å²) in [4.78, 5) is 23.6. The lowest BCUT2D eigenvalue weighted by Crippen LogP contribution is -2.11. The molecule has 0 unspecified atom stereocenters. The molecule has 1 aromatic rings. The third-order valence-electron chi connectivity index (χ3n) is 2.37. The molecule has 110 valence electrons. The minimum atomic E-state index is -0.454. The number of hydrogen-bond acceptors (Lipinski definition) is 5. The third kappa shape index (κ3) is 5.46. The molecule has 0 fully saturated rings. The van der Waals surface area contributed by atoms with Gasteiger partial charge in [0, 0.05) is 23.7 Å². The smallest absolute Gasteiger partial charge is 0.338 e. The number of esters is 2. The van der Waals surface area contributed by atoms with E-state index in [0.717, 1.165) is 3.57 Å². The molecule has 0 bridgehead atoms. The predicted octanol–water partition coefficient (Wildman–Crippen LogP) is 2.66. The van der Waals surface area contributed by atoms with Crippen molar-refractivity contribution in [3.8, 4) is 0 Å². The normalized spacial score (nSPS) is 10.2. The van der Waals surface area contributed by atoms with Crippen LogP contribution in [0.5, 0.6) is 0 Å². The Kier molecular flexibility index (Phi) is 7.53. The van der Waals surface area contributed by atoms with Crippen LogP contribution in [0.4, 0.5) is 0 Å². The monoisotopic (exact) mass is 392 g/mol. The van der Waals surface area contributed by atoms with Gasteiger partial charge in [-0.15, -0.1) is 0 Å². The Morgan fingerprint density at radius 1 is 1.05 bits per heavy atom. The fraction of sp³-hybridized carbons (Fsp3) is 0.429. The highest BCUT2D eigenvalue weighted by Gasteiger charge is 2.14. The average Bonchev–Trinajstić information content (AvgIpc) is 2.43. The van der Waals surface area contributed by atoms with Crippen LogP contribution >= 0.6 is 22.6 Å². The number of benzene rings is 1. The summed E-state index contributed by atoms with van der Waals surface area (Å²) < 4.78 is 15.7. The van der Waals surface area contributed by atoms with E-state index in [0.29, 0.717) is 30.8 Å². The fourth-order valence-corrected chi connectivity index (χ4v) is 2.16. The molecular formula is C14H17IO5. The van der Waals surface area contributed by atoms with Crippen LogP contribution in [0.25, 0.3) is 0 Å². The molecule has 5 nitrogen and oxygen atoms in total. The van der Waals surface area contributed by atoms with Gasteiger partial charge in [-0.3, -0.25) is 0 Å². The number of carbonyl (C=O) groups excluding carboxylic acids is 2. The van der Waals surface area contributed by atoms with Gasteiger partial charge in [0.15, 0.2) is 0 Å². The summed E-state index contributed by atoms with van der Waals surface area (Å²) >= 11 is 2.04. The van der Waals surface area contributed by atoms with Crippen LogP contribution in [0.3, 0.4) is 0 Å². The third-order valence-corrected chi connectivity index (χ3v) is 2.99. The van der Waals surface area contributed by atoms with Crippen molar-refractivity contribution < 1.29 is 23.8 Å². The number of hydrogen-bond donors (Lipinski definition) is 0. The Bertz CT molecular complexity index is 473. The maximum atomic E-state index is 11.9. The second kappa shape index (κ2) is 8.91. The van der Waals surface area contributed by atoms with Gasteiger partial charge < -0.3 is 14.2 Å². The molecule has 1 rings (SSSR count). The highest BCUT2D eigenvalue weighted by Crippen LogP contribution is 2.15. The summed E-state index contributed by atoms with van der Waals surface area (Å²) in [6, 6.07) is 4.82. The Morgan fingerprint density at radius 2 is 1.65 bits per heavy atom. The number of halogens is 1. The Balaban J connectivity index is 2.74. The van der Waals surface area contributed by atoms with Crippen LogP contribution in [-0.2, 0) is 14.2 Å². The summed E-state index contributed by atoms with van der Waals surface area (Å²) in [6.07, 6.45) is 0.636. The summed E-state index contributed by atoms with van der Waals surface area (Å²) in [5, 5.41) is 0. The van der Waals surface area contributed by atoms with Gasteiger partial charge in [-0.25, -0.2) is 9.59 Å². The SMILES string of the molecule is CCOC(=O)c1cc(I)cc(C(=O)OCCCOC)c1. The van der Waals surface area contributed by atoms with Crippen molar-refractivity contribution in [3.05, 3.63) is 32.9 Å². The lowest BCUT2D eigenvalue weighted by molar-refractivity contribution is 0.0468. The number of methoxy groups -OCH3 is 1. The first-order valence-electron chi connectivity index (χ1n) is 6.22. The van der Waals surface area contributed by atoms with Crippen LogP contribution in [0.15, 0.2) is 18.2 Å². The van der Waals surface area contributed by atoms with Gasteiger partial charge in [0.2, 0.25) is 0 Å². The van der Waals surface area contributed by atoms with Crippen LogP contribution in [0.1, 0.15) is 34.1 Å². The minimum absolute atomic E-state index is 0.285. The first kappa shape index (κ1) is 16.9. The first-order valence-corrected chi connectivity index (χ1v) is 7.30. The van der Waals surface area contributed by atoms with E-state index >= 15 is 0 Å². The molecule has 0 radical (unpaired) electrons. The predicted molar refractivity (Wildman–Crippen MR) is 81.9 cm³/mol. The van der Waals surface area contributed by atoms with Gasteiger partial charge in [-0.1, -0.05) is 0 Å². The second-order valence-corrected chi connectivity index (χ2v) is 5.18. The second-order valence-electron chi connectivity index (χ2n) is 3.93. The summed E-state index contributed by atoms with van der Waals surface area (Å²) in [7, 11) is 1.59. The zero-order chi connectivity index (χ0) is 15.0. The van der Waals surface area contributed by atoms with Gasteiger partial charge in [-0.2, -0.15) is 0 Å². The van der Waals surface area contributed by atoms with E-state index < -0.39 is 11.9 Å². The lowest BCUT2D eigenvalue weighted by Gasteiger charge is -2.07. The molecule has 0 N–H and O–H groups in total. The van der Waals surface area contributed by atoms with E-state index in [1.165, 1.54) is 6.07 Å². The van der Waals surface area contributed by atoms with Gasteiger partial charge in [-0.05, 0) is 47.7 Å². The fourth-order valence-electron chi connectivity index (χ4n) is 1.49. The number of ether oxygens (including phenoxy) is 3. The molecule has 0 aromatic heterocycles. The summed E-state index contributed by atoms with van der Waals surface area (Å²) in [6.45, 7) is 2.85. The molecule has 0 saturated heterocycles.